The lowest BCUT2D eigenvalue weighted by Gasteiger charge is -2.27. The molecule has 2 aliphatic rings. The molecule has 1 aromatic carbocycles. The van der Waals surface area contributed by atoms with Crippen LogP contribution in [0.15, 0.2) is 34.3 Å². The van der Waals surface area contributed by atoms with Crippen molar-refractivity contribution in [3.8, 4) is 0 Å². The minimum Gasteiger partial charge on any atom is -0.386 e. The fourth-order valence-electron chi connectivity index (χ4n) is 3.25. The van der Waals surface area contributed by atoms with E-state index in [1.54, 1.807) is 0 Å². The van der Waals surface area contributed by atoms with Crippen molar-refractivity contribution in [1.82, 2.24) is 14.5 Å². The van der Waals surface area contributed by atoms with E-state index in [0.717, 1.165) is 35.6 Å². The Morgan fingerprint density at radius 1 is 1.16 bits per heavy atom. The number of oxime groups is 1. The van der Waals surface area contributed by atoms with Gasteiger partial charge in [0.1, 0.15) is 0 Å². The second kappa shape index (κ2) is 10.6. The molecule has 13 heteroatoms. The van der Waals surface area contributed by atoms with E-state index in [9.17, 15) is 26.4 Å². The summed E-state index contributed by atoms with van der Waals surface area (Å²) in [5.74, 6) is -0.328. The highest BCUT2D eigenvalue weighted by molar-refractivity contribution is 7.89. The van der Waals surface area contributed by atoms with E-state index in [1.807, 2.05) is 4.90 Å². The zero-order valence-corrected chi connectivity index (χ0v) is 18.1. The van der Waals surface area contributed by atoms with Gasteiger partial charge in [-0.1, -0.05) is 11.2 Å². The number of hydrogen-bond donors (Lipinski definition) is 1. The van der Waals surface area contributed by atoms with E-state index in [1.165, 1.54) is 0 Å². The lowest BCUT2D eigenvalue weighted by atomic mass is 10.1. The molecule has 3 rings (SSSR count). The molecule has 0 aromatic heterocycles. The predicted octanol–water partition coefficient (Wildman–Crippen LogP) is 1.27. The lowest BCUT2D eigenvalue weighted by molar-refractivity contribution is -0.137. The predicted molar refractivity (Wildman–Crippen MR) is 108 cm³/mol. The molecule has 32 heavy (non-hydrogen) atoms. The third-order valence-electron chi connectivity index (χ3n) is 5.09. The molecule has 0 spiro atoms. The van der Waals surface area contributed by atoms with E-state index in [0.29, 0.717) is 31.7 Å². The van der Waals surface area contributed by atoms with Gasteiger partial charge in [-0.25, -0.2) is 8.42 Å². The summed E-state index contributed by atoms with van der Waals surface area (Å²) >= 11 is 0. The summed E-state index contributed by atoms with van der Waals surface area (Å²) in [6.07, 6.45) is -4.11. The monoisotopic (exact) mass is 478 g/mol. The number of alkyl halides is 3. The Morgan fingerprint density at radius 3 is 2.50 bits per heavy atom. The average molecular weight is 478 g/mol. The van der Waals surface area contributed by atoms with Crippen molar-refractivity contribution < 1.29 is 36.0 Å². The van der Waals surface area contributed by atoms with Crippen LogP contribution < -0.4 is 5.32 Å². The first kappa shape index (κ1) is 24.4. The van der Waals surface area contributed by atoms with Crippen LogP contribution in [0.3, 0.4) is 0 Å². The van der Waals surface area contributed by atoms with Gasteiger partial charge in [0.05, 0.1) is 36.1 Å². The van der Waals surface area contributed by atoms with Gasteiger partial charge >= 0.3 is 6.18 Å². The van der Waals surface area contributed by atoms with Crippen LogP contribution in [0.25, 0.3) is 0 Å². The first-order chi connectivity index (χ1) is 15.2. The molecule has 0 unspecified atom stereocenters. The molecule has 0 bridgehead atoms. The van der Waals surface area contributed by atoms with Gasteiger partial charge in [-0.15, -0.1) is 0 Å². The first-order valence-electron chi connectivity index (χ1n) is 10.1. The van der Waals surface area contributed by atoms with Crippen LogP contribution in [-0.4, -0.2) is 81.9 Å². The summed E-state index contributed by atoms with van der Waals surface area (Å²) in [4.78, 5) is 18.5. The summed E-state index contributed by atoms with van der Waals surface area (Å²) in [5, 5.41) is 6.63. The summed E-state index contributed by atoms with van der Waals surface area (Å²) < 4.78 is 70.4. The fourth-order valence-corrected chi connectivity index (χ4v) is 4.74. The van der Waals surface area contributed by atoms with Gasteiger partial charge in [-0.3, -0.25) is 9.69 Å². The van der Waals surface area contributed by atoms with Gasteiger partial charge in [0.15, 0.2) is 6.61 Å². The molecular weight excluding hydrogens is 453 g/mol. The van der Waals surface area contributed by atoms with Gasteiger partial charge in [-0.05, 0) is 18.2 Å². The number of carbonyl (C=O) groups is 1. The zero-order chi connectivity index (χ0) is 23.2. The number of ether oxygens (including phenoxy) is 1. The minimum absolute atomic E-state index is 0.0595. The van der Waals surface area contributed by atoms with Crippen molar-refractivity contribution in [3.63, 3.8) is 0 Å². The van der Waals surface area contributed by atoms with E-state index in [4.69, 9.17) is 9.57 Å². The Labute approximate surface area is 184 Å². The maximum Gasteiger partial charge on any atom is 0.416 e. The van der Waals surface area contributed by atoms with Crippen LogP contribution in [0.1, 0.15) is 18.4 Å². The van der Waals surface area contributed by atoms with Crippen LogP contribution in [0.5, 0.6) is 0 Å². The number of nitrogens with one attached hydrogen (secondary N) is 1. The zero-order valence-electron chi connectivity index (χ0n) is 17.3. The highest BCUT2D eigenvalue weighted by Crippen LogP contribution is 2.31. The molecule has 2 aliphatic heterocycles. The molecule has 0 aliphatic carbocycles. The molecule has 178 valence electrons. The van der Waals surface area contributed by atoms with Gasteiger partial charge < -0.3 is 14.9 Å². The van der Waals surface area contributed by atoms with Crippen molar-refractivity contribution in [3.05, 3.63) is 29.8 Å². The van der Waals surface area contributed by atoms with E-state index >= 15 is 0 Å². The van der Waals surface area contributed by atoms with Crippen LogP contribution in [-0.2, 0) is 30.6 Å². The summed E-state index contributed by atoms with van der Waals surface area (Å²) in [6, 6.07) is 3.68. The molecule has 2 saturated heterocycles. The number of carbonyl (C=O) groups excluding carboxylic acids is 1. The molecule has 1 amide bonds. The molecule has 1 N–H and O–H groups in total. The molecule has 1 aromatic rings. The molecule has 2 fully saturated rings. The average Bonchev–Trinajstić information content (AvgIpc) is 2.78. The lowest BCUT2D eigenvalue weighted by Crippen LogP contribution is -2.44. The summed E-state index contributed by atoms with van der Waals surface area (Å²) in [5.41, 5.74) is -0.431. The standard InChI is InChI=1S/C19H25F3N4O5S/c20-19(21,22)15-2-1-3-17(12-15)32(28,29)26-6-4-16(5-7-26)24-31-13-18(27)23-14-25-8-10-30-11-9-25/h1-3,12H,4-11,13-14H2,(H,23,27). The smallest absolute Gasteiger partial charge is 0.386 e. The number of amides is 1. The van der Waals surface area contributed by atoms with Gasteiger partial charge in [0.25, 0.3) is 5.91 Å². The van der Waals surface area contributed by atoms with E-state index in [2.05, 4.69) is 10.5 Å². The van der Waals surface area contributed by atoms with Crippen LogP contribution in [0.4, 0.5) is 13.2 Å². The largest absolute Gasteiger partial charge is 0.416 e. The number of halogens is 3. The van der Waals surface area contributed by atoms with Gasteiger partial charge in [-0.2, -0.15) is 17.5 Å². The third-order valence-corrected chi connectivity index (χ3v) is 6.99. The number of rotatable bonds is 7. The Kier molecular flexibility index (Phi) is 8.09. The second-order valence-electron chi connectivity index (χ2n) is 7.35. The Balaban J connectivity index is 1.46. The first-order valence-corrected chi connectivity index (χ1v) is 11.5. The van der Waals surface area contributed by atoms with Crippen molar-refractivity contribution in [2.45, 2.75) is 23.9 Å². The maximum atomic E-state index is 12.9. The number of benzene rings is 1. The Bertz CT molecular complexity index is 923. The molecule has 2 heterocycles. The van der Waals surface area contributed by atoms with Crippen molar-refractivity contribution in [2.24, 2.45) is 5.16 Å². The highest BCUT2D eigenvalue weighted by Gasteiger charge is 2.33. The molecule has 0 radical (unpaired) electrons. The highest BCUT2D eigenvalue weighted by atomic mass is 32.2. The van der Waals surface area contributed by atoms with Gasteiger partial charge in [0, 0.05) is 39.0 Å². The number of sulfonamides is 1. The topological polar surface area (TPSA) is 101 Å². The number of piperidine rings is 1. The molecule has 0 saturated carbocycles. The van der Waals surface area contributed by atoms with Crippen molar-refractivity contribution in [2.75, 3.05) is 52.7 Å². The SMILES string of the molecule is O=C(CON=C1CCN(S(=O)(=O)c2cccc(C(F)(F)F)c2)CC1)NCN1CCOCC1. The van der Waals surface area contributed by atoms with Crippen molar-refractivity contribution in [1.29, 1.82) is 0 Å². The number of nitrogens with zero attached hydrogens (tertiary/aromatic N) is 3. The number of morpholine rings is 1. The minimum atomic E-state index is -4.63. The molecule has 0 atom stereocenters. The summed E-state index contributed by atoms with van der Waals surface area (Å²) in [6.45, 7) is 2.98. The van der Waals surface area contributed by atoms with Crippen LogP contribution >= 0.6 is 0 Å². The van der Waals surface area contributed by atoms with Crippen molar-refractivity contribution >= 4 is 21.6 Å². The van der Waals surface area contributed by atoms with Crippen LogP contribution in [0.2, 0.25) is 0 Å². The quantitative estimate of drug-likeness (QED) is 0.593. The fraction of sp³-hybridized carbons (Fsp3) is 0.579. The Hall–Kier alpha value is -2.22. The van der Waals surface area contributed by atoms with Crippen LogP contribution in [0, 0.1) is 0 Å². The molecular formula is C19H25F3N4O5S. The maximum absolute atomic E-state index is 12.9. The molecule has 9 nitrogen and oxygen atoms in total. The Morgan fingerprint density at radius 2 is 1.84 bits per heavy atom. The van der Waals surface area contributed by atoms with Gasteiger partial charge in [0.2, 0.25) is 10.0 Å². The summed E-state index contributed by atoms with van der Waals surface area (Å²) in [7, 11) is -4.06. The van der Waals surface area contributed by atoms with E-state index in [-0.39, 0.29) is 38.4 Å². The second-order valence-corrected chi connectivity index (χ2v) is 9.29. The number of hydrogen-bond acceptors (Lipinski definition) is 7. The van der Waals surface area contributed by atoms with E-state index < -0.39 is 26.7 Å². The normalized spacial score (nSPS) is 18.9. The third kappa shape index (κ3) is 6.64.